The Hall–Kier alpha value is -1.62. The molecule has 1 unspecified atom stereocenters. The molecule has 1 rings (SSSR count). The van der Waals surface area contributed by atoms with Crippen LogP contribution < -0.4 is 10.6 Å². The molecule has 94 valence electrons. The van der Waals surface area contributed by atoms with Crippen molar-refractivity contribution in [3.8, 4) is 0 Å². The topological polar surface area (TPSA) is 50.4 Å². The number of carbonyl (C=O) groups excluding carboxylic acids is 1. The first-order valence-electron chi connectivity index (χ1n) is 5.44. The van der Waals surface area contributed by atoms with Crippen LogP contribution in [-0.4, -0.2) is 25.8 Å². The van der Waals surface area contributed by atoms with Gasteiger partial charge in [-0.2, -0.15) is 0 Å². The number of nitrogens with one attached hydrogen (secondary N) is 2. The maximum atomic E-state index is 12.9. The van der Waals surface area contributed by atoms with E-state index in [-0.39, 0.29) is 17.9 Å². The fraction of sp³-hybridized carbons (Fsp3) is 0.417. The van der Waals surface area contributed by atoms with Crippen molar-refractivity contribution in [3.05, 3.63) is 30.1 Å². The Balaban J connectivity index is 2.39. The van der Waals surface area contributed by atoms with Crippen LogP contribution in [0.5, 0.6) is 0 Å². The lowest BCUT2D eigenvalue weighted by Gasteiger charge is -2.14. The third kappa shape index (κ3) is 5.31. The van der Waals surface area contributed by atoms with E-state index in [2.05, 4.69) is 10.6 Å². The van der Waals surface area contributed by atoms with Crippen molar-refractivity contribution >= 4 is 11.7 Å². The SMILES string of the molecule is COCCC(C)NC(=O)Nc1cccc(F)c1. The first-order chi connectivity index (χ1) is 8.11. The van der Waals surface area contributed by atoms with Crippen molar-refractivity contribution in [2.75, 3.05) is 19.0 Å². The minimum absolute atomic E-state index is 0.00325. The highest BCUT2D eigenvalue weighted by Crippen LogP contribution is 2.08. The molecular weight excluding hydrogens is 223 g/mol. The minimum atomic E-state index is -0.379. The average Bonchev–Trinajstić information content (AvgIpc) is 2.26. The van der Waals surface area contributed by atoms with Crippen LogP contribution in [0, 0.1) is 5.82 Å². The van der Waals surface area contributed by atoms with E-state index in [4.69, 9.17) is 4.74 Å². The Morgan fingerprint density at radius 2 is 2.29 bits per heavy atom. The molecule has 1 aromatic carbocycles. The van der Waals surface area contributed by atoms with Crippen LogP contribution in [0.2, 0.25) is 0 Å². The van der Waals surface area contributed by atoms with Gasteiger partial charge in [0.05, 0.1) is 0 Å². The van der Waals surface area contributed by atoms with Gasteiger partial charge in [-0.05, 0) is 31.5 Å². The summed E-state index contributed by atoms with van der Waals surface area (Å²) >= 11 is 0. The Morgan fingerprint density at radius 1 is 1.53 bits per heavy atom. The lowest BCUT2D eigenvalue weighted by atomic mass is 10.2. The molecular formula is C12H17FN2O2. The summed E-state index contributed by atoms with van der Waals surface area (Å²) in [4.78, 5) is 11.5. The number of amides is 2. The summed E-state index contributed by atoms with van der Waals surface area (Å²) in [6.07, 6.45) is 0.729. The molecule has 0 aliphatic rings. The van der Waals surface area contributed by atoms with Gasteiger partial charge < -0.3 is 15.4 Å². The summed E-state index contributed by atoms with van der Waals surface area (Å²) in [5, 5.41) is 5.29. The van der Waals surface area contributed by atoms with Crippen molar-refractivity contribution < 1.29 is 13.9 Å². The average molecular weight is 240 g/mol. The van der Waals surface area contributed by atoms with E-state index in [0.717, 1.165) is 6.42 Å². The molecule has 0 saturated carbocycles. The summed E-state index contributed by atoms with van der Waals surface area (Å²) in [5.74, 6) is -0.379. The normalized spacial score (nSPS) is 11.9. The lowest BCUT2D eigenvalue weighted by molar-refractivity contribution is 0.185. The molecule has 0 heterocycles. The minimum Gasteiger partial charge on any atom is -0.385 e. The summed E-state index contributed by atoms with van der Waals surface area (Å²) in [6.45, 7) is 2.46. The first kappa shape index (κ1) is 13.4. The number of carbonyl (C=O) groups is 1. The lowest BCUT2D eigenvalue weighted by Crippen LogP contribution is -2.36. The molecule has 0 fully saturated rings. The highest BCUT2D eigenvalue weighted by atomic mass is 19.1. The summed E-state index contributed by atoms with van der Waals surface area (Å²) < 4.78 is 17.8. The van der Waals surface area contributed by atoms with Crippen molar-refractivity contribution in [2.45, 2.75) is 19.4 Å². The Kier molecular flexibility index (Phi) is 5.42. The molecule has 2 amide bonds. The number of hydrogen-bond acceptors (Lipinski definition) is 2. The van der Waals surface area contributed by atoms with E-state index in [9.17, 15) is 9.18 Å². The zero-order valence-electron chi connectivity index (χ0n) is 10.00. The number of benzene rings is 1. The third-order valence-corrected chi connectivity index (χ3v) is 2.21. The fourth-order valence-electron chi connectivity index (χ4n) is 1.32. The number of urea groups is 1. The second-order valence-corrected chi connectivity index (χ2v) is 3.79. The van der Waals surface area contributed by atoms with Crippen LogP contribution >= 0.6 is 0 Å². The molecule has 17 heavy (non-hydrogen) atoms. The molecule has 1 atom stereocenters. The van der Waals surface area contributed by atoms with Gasteiger partial charge in [0.2, 0.25) is 0 Å². The van der Waals surface area contributed by atoms with Crippen LogP contribution in [0.1, 0.15) is 13.3 Å². The van der Waals surface area contributed by atoms with Gasteiger partial charge in [0, 0.05) is 25.4 Å². The summed E-state index contributed by atoms with van der Waals surface area (Å²) in [7, 11) is 1.61. The number of ether oxygens (including phenoxy) is 1. The van der Waals surface area contributed by atoms with E-state index in [1.54, 1.807) is 19.2 Å². The molecule has 2 N–H and O–H groups in total. The van der Waals surface area contributed by atoms with E-state index >= 15 is 0 Å². The van der Waals surface area contributed by atoms with Gasteiger partial charge in [0.1, 0.15) is 5.82 Å². The molecule has 0 aliphatic heterocycles. The first-order valence-corrected chi connectivity index (χ1v) is 5.44. The molecule has 1 aromatic rings. The van der Waals surface area contributed by atoms with Crippen molar-refractivity contribution in [1.29, 1.82) is 0 Å². The number of halogens is 1. The number of hydrogen-bond donors (Lipinski definition) is 2. The largest absolute Gasteiger partial charge is 0.385 e. The van der Waals surface area contributed by atoms with E-state index in [1.165, 1.54) is 12.1 Å². The predicted molar refractivity (Wildman–Crippen MR) is 64.5 cm³/mol. The zero-order chi connectivity index (χ0) is 12.7. The van der Waals surface area contributed by atoms with Crippen molar-refractivity contribution in [1.82, 2.24) is 5.32 Å². The maximum absolute atomic E-state index is 12.9. The smallest absolute Gasteiger partial charge is 0.319 e. The fourth-order valence-corrected chi connectivity index (χ4v) is 1.32. The van der Waals surface area contributed by atoms with Gasteiger partial charge in [-0.25, -0.2) is 9.18 Å². The summed E-state index contributed by atoms with van der Waals surface area (Å²) in [6, 6.07) is 5.41. The molecule has 0 saturated heterocycles. The van der Waals surface area contributed by atoms with Crippen LogP contribution in [0.25, 0.3) is 0 Å². The molecule has 0 aromatic heterocycles. The van der Waals surface area contributed by atoms with Crippen molar-refractivity contribution in [2.24, 2.45) is 0 Å². The maximum Gasteiger partial charge on any atom is 0.319 e. The van der Waals surface area contributed by atoms with Gasteiger partial charge in [-0.3, -0.25) is 0 Å². The predicted octanol–water partition coefficient (Wildman–Crippen LogP) is 2.37. The molecule has 0 spiro atoms. The second kappa shape index (κ2) is 6.85. The molecule has 0 aliphatic carbocycles. The van der Waals surface area contributed by atoms with Gasteiger partial charge in [0.15, 0.2) is 0 Å². The van der Waals surface area contributed by atoms with E-state index < -0.39 is 0 Å². The van der Waals surface area contributed by atoms with Gasteiger partial charge >= 0.3 is 6.03 Å². The number of anilines is 1. The highest BCUT2D eigenvalue weighted by Gasteiger charge is 2.07. The standard InChI is InChI=1S/C12H17FN2O2/c1-9(6-7-17-2)14-12(16)15-11-5-3-4-10(13)8-11/h3-5,8-9H,6-7H2,1-2H3,(H2,14,15,16). The van der Waals surface area contributed by atoms with Gasteiger partial charge in [-0.1, -0.05) is 6.07 Å². The van der Waals surface area contributed by atoms with Crippen LogP contribution in [-0.2, 0) is 4.74 Å². The Morgan fingerprint density at radius 3 is 2.94 bits per heavy atom. The quantitative estimate of drug-likeness (QED) is 0.830. The second-order valence-electron chi connectivity index (χ2n) is 3.79. The van der Waals surface area contributed by atoms with Crippen LogP contribution in [0.3, 0.4) is 0 Å². The number of methoxy groups -OCH3 is 1. The van der Waals surface area contributed by atoms with Crippen LogP contribution in [0.15, 0.2) is 24.3 Å². The Bertz CT molecular complexity index is 371. The molecule has 4 nitrogen and oxygen atoms in total. The Labute approximate surface area is 100 Å². The third-order valence-electron chi connectivity index (χ3n) is 2.21. The van der Waals surface area contributed by atoms with Crippen LogP contribution in [0.4, 0.5) is 14.9 Å². The summed E-state index contributed by atoms with van der Waals surface area (Å²) in [5.41, 5.74) is 0.432. The van der Waals surface area contributed by atoms with E-state index in [1.807, 2.05) is 6.92 Å². The monoisotopic (exact) mass is 240 g/mol. The molecule has 0 bridgehead atoms. The molecule has 5 heteroatoms. The zero-order valence-corrected chi connectivity index (χ0v) is 10.00. The van der Waals surface area contributed by atoms with Crippen molar-refractivity contribution in [3.63, 3.8) is 0 Å². The van der Waals surface area contributed by atoms with Gasteiger partial charge in [-0.15, -0.1) is 0 Å². The highest BCUT2D eigenvalue weighted by molar-refractivity contribution is 5.89. The molecule has 0 radical (unpaired) electrons. The van der Waals surface area contributed by atoms with Gasteiger partial charge in [0.25, 0.3) is 0 Å². The number of rotatable bonds is 5. The van der Waals surface area contributed by atoms with E-state index in [0.29, 0.717) is 12.3 Å².